The molecule has 2 heterocycles. The van der Waals surface area contributed by atoms with Crippen molar-refractivity contribution >= 4 is 50.3 Å². The second-order valence-electron chi connectivity index (χ2n) is 6.14. The first-order valence-electron chi connectivity index (χ1n) is 7.49. The second kappa shape index (κ2) is 6.22. The normalized spacial score (nSPS) is 23.6. The van der Waals surface area contributed by atoms with Gasteiger partial charge in [0, 0.05) is 25.0 Å². The van der Waals surface area contributed by atoms with Crippen molar-refractivity contribution in [3.05, 3.63) is 34.9 Å². The summed E-state index contributed by atoms with van der Waals surface area (Å²) in [5, 5.41) is 12.4. The van der Waals surface area contributed by atoms with Gasteiger partial charge in [-0.15, -0.1) is 11.3 Å². The first-order valence-corrected chi connectivity index (χ1v) is 9.19. The Kier molecular flexibility index (Phi) is 4.40. The van der Waals surface area contributed by atoms with Crippen LogP contribution in [0.15, 0.2) is 30.0 Å². The van der Waals surface area contributed by atoms with Gasteiger partial charge in [-0.3, -0.25) is 9.59 Å². The quantitative estimate of drug-likeness (QED) is 0.659. The summed E-state index contributed by atoms with van der Waals surface area (Å²) >= 11 is 2.89. The number of rotatable bonds is 3. The summed E-state index contributed by atoms with van der Waals surface area (Å²) in [6, 6.07) is 3.67. The topological polar surface area (TPSA) is 60.6 Å². The molecule has 0 fully saturated rings. The number of allylic oxidation sites excluding steroid dienone is 2. The Morgan fingerprint density at radius 2 is 1.92 bits per heavy atom. The van der Waals surface area contributed by atoms with Crippen molar-refractivity contribution in [1.29, 1.82) is 0 Å². The molecule has 1 aromatic rings. The van der Waals surface area contributed by atoms with E-state index < -0.39 is 17.5 Å². The van der Waals surface area contributed by atoms with Crippen molar-refractivity contribution in [3.63, 3.8) is 0 Å². The van der Waals surface area contributed by atoms with Gasteiger partial charge in [0.05, 0.1) is 21.7 Å². The van der Waals surface area contributed by atoms with E-state index in [1.807, 2.05) is 55.9 Å². The fourth-order valence-electron chi connectivity index (χ4n) is 2.73. The molecule has 1 aliphatic heterocycles. The number of thioether (sulfide) groups is 1. The zero-order valence-corrected chi connectivity index (χ0v) is 15.6. The van der Waals surface area contributed by atoms with Crippen LogP contribution in [0.4, 0.5) is 5.00 Å². The highest BCUT2D eigenvalue weighted by molar-refractivity contribution is 8.15. The van der Waals surface area contributed by atoms with Crippen LogP contribution in [0.2, 0.25) is 0 Å². The van der Waals surface area contributed by atoms with Crippen molar-refractivity contribution in [1.82, 2.24) is 0 Å². The number of carbonyl (C=O) groups excluding carboxylic acids is 2. The van der Waals surface area contributed by atoms with E-state index in [1.165, 1.54) is 23.1 Å². The van der Waals surface area contributed by atoms with E-state index in [0.717, 1.165) is 10.0 Å². The molecule has 126 valence electrons. The summed E-state index contributed by atoms with van der Waals surface area (Å²) in [5.41, 5.74) is 0.162. The number of hydrogen-bond donors (Lipinski definition) is 1. The first kappa shape index (κ1) is 17.0. The van der Waals surface area contributed by atoms with E-state index in [9.17, 15) is 14.7 Å². The highest BCUT2D eigenvalue weighted by Crippen LogP contribution is 2.42. The lowest BCUT2D eigenvalue weighted by Crippen LogP contribution is -2.25. The third-order valence-corrected chi connectivity index (χ3v) is 6.73. The Balaban J connectivity index is 1.97. The van der Waals surface area contributed by atoms with Gasteiger partial charge >= 0.3 is 0 Å². The molecule has 24 heavy (non-hydrogen) atoms. The van der Waals surface area contributed by atoms with E-state index >= 15 is 0 Å². The summed E-state index contributed by atoms with van der Waals surface area (Å²) < 4.78 is 1.95. The minimum Gasteiger partial charge on any atom is -0.511 e. The molecule has 1 N–H and O–H groups in total. The second-order valence-corrected chi connectivity index (χ2v) is 8.40. The van der Waals surface area contributed by atoms with Gasteiger partial charge in [-0.05, 0) is 23.9 Å². The molecule has 7 heteroatoms. The van der Waals surface area contributed by atoms with Crippen LogP contribution < -0.4 is 4.90 Å². The number of carbonyl (C=O) groups is 2. The van der Waals surface area contributed by atoms with E-state index in [1.54, 1.807) is 6.07 Å². The highest BCUT2D eigenvalue weighted by Gasteiger charge is 2.47. The molecular weight excluding hydrogens is 344 g/mol. The Bertz CT molecular complexity index is 814. The fourth-order valence-corrected chi connectivity index (χ4v) is 4.91. The van der Waals surface area contributed by atoms with E-state index in [-0.39, 0.29) is 16.6 Å². The minimum atomic E-state index is -0.795. The predicted octanol–water partition coefficient (Wildman–Crippen LogP) is 2.19. The number of anilines is 1. The number of Topliss-reactive ketones (excluding diaryl/α,β-unsaturated/α-hetero) is 2. The number of hydrogen-bond acceptors (Lipinski definition) is 6. The molecule has 0 aromatic carbocycles. The van der Waals surface area contributed by atoms with Gasteiger partial charge in [-0.25, -0.2) is 4.58 Å². The first-order chi connectivity index (χ1) is 11.3. The molecule has 1 aliphatic carbocycles. The van der Waals surface area contributed by atoms with Crippen molar-refractivity contribution in [2.24, 2.45) is 5.92 Å². The van der Waals surface area contributed by atoms with Gasteiger partial charge in [0.15, 0.2) is 0 Å². The monoisotopic (exact) mass is 363 g/mol. The SMILES string of the molecule is CN(C)c1ccc(C2=C(O)C(C3C=CC(=[N+](C)C)S3)C(=O)C2=O)s1. The van der Waals surface area contributed by atoms with Gasteiger partial charge in [0.2, 0.25) is 16.6 Å². The molecule has 0 saturated heterocycles. The van der Waals surface area contributed by atoms with Crippen LogP contribution in [0.3, 0.4) is 0 Å². The number of thiophene rings is 1. The molecule has 0 radical (unpaired) electrons. The molecule has 0 bridgehead atoms. The van der Waals surface area contributed by atoms with Crippen molar-refractivity contribution in [2.75, 3.05) is 33.1 Å². The van der Waals surface area contributed by atoms with Crippen molar-refractivity contribution in [3.8, 4) is 0 Å². The third kappa shape index (κ3) is 2.71. The molecule has 0 saturated carbocycles. The molecule has 2 aliphatic rings. The van der Waals surface area contributed by atoms with Crippen LogP contribution in [0.25, 0.3) is 5.57 Å². The molecule has 5 nitrogen and oxygen atoms in total. The van der Waals surface area contributed by atoms with Crippen LogP contribution in [0.1, 0.15) is 4.88 Å². The molecule has 2 unspecified atom stereocenters. The highest BCUT2D eigenvalue weighted by atomic mass is 32.2. The summed E-state index contributed by atoms with van der Waals surface area (Å²) in [6.45, 7) is 0. The van der Waals surface area contributed by atoms with E-state index in [2.05, 4.69) is 0 Å². The van der Waals surface area contributed by atoms with Gasteiger partial charge in [-0.2, -0.15) is 0 Å². The Labute approximate surface area is 149 Å². The number of aliphatic hydroxyl groups excluding tert-OH is 1. The summed E-state index contributed by atoms with van der Waals surface area (Å²) in [4.78, 5) is 27.5. The minimum absolute atomic E-state index is 0.0979. The lowest BCUT2D eigenvalue weighted by molar-refractivity contribution is -0.460. The number of aliphatic hydroxyl groups is 1. The lowest BCUT2D eigenvalue weighted by Gasteiger charge is -2.13. The molecule has 0 spiro atoms. The summed E-state index contributed by atoms with van der Waals surface area (Å²) in [7, 11) is 7.66. The maximum atomic E-state index is 12.5. The molecule has 1 aromatic heterocycles. The lowest BCUT2D eigenvalue weighted by atomic mass is 10.0. The van der Waals surface area contributed by atoms with Crippen LogP contribution >= 0.6 is 23.1 Å². The van der Waals surface area contributed by atoms with Crippen molar-refractivity contribution in [2.45, 2.75) is 5.25 Å². The molecular formula is C17H19N2O3S2+. The van der Waals surface area contributed by atoms with Crippen LogP contribution in [0, 0.1) is 5.92 Å². The number of ketones is 2. The van der Waals surface area contributed by atoms with Crippen LogP contribution in [-0.2, 0) is 9.59 Å². The Morgan fingerprint density at radius 3 is 2.46 bits per heavy atom. The maximum absolute atomic E-state index is 12.5. The molecule has 2 atom stereocenters. The average Bonchev–Trinajstić information content (AvgIpc) is 3.20. The van der Waals surface area contributed by atoms with Gasteiger partial charge in [-0.1, -0.05) is 6.08 Å². The van der Waals surface area contributed by atoms with Crippen LogP contribution in [0.5, 0.6) is 0 Å². The van der Waals surface area contributed by atoms with E-state index in [0.29, 0.717) is 4.88 Å². The summed E-state index contributed by atoms with van der Waals surface area (Å²) in [5.74, 6) is -2.00. The largest absolute Gasteiger partial charge is 0.511 e. The third-order valence-electron chi connectivity index (χ3n) is 4.02. The van der Waals surface area contributed by atoms with Crippen molar-refractivity contribution < 1.29 is 19.3 Å². The summed E-state index contributed by atoms with van der Waals surface area (Å²) in [6.07, 6.45) is 3.81. The van der Waals surface area contributed by atoms with Gasteiger partial charge < -0.3 is 10.0 Å². The maximum Gasteiger partial charge on any atom is 0.234 e. The van der Waals surface area contributed by atoms with Crippen LogP contribution in [-0.4, -0.2) is 59.7 Å². The average molecular weight is 363 g/mol. The zero-order valence-electron chi connectivity index (χ0n) is 13.9. The molecule has 0 amide bonds. The van der Waals surface area contributed by atoms with Gasteiger partial charge in [0.1, 0.15) is 19.9 Å². The fraction of sp³-hybridized carbons (Fsp3) is 0.353. The van der Waals surface area contributed by atoms with E-state index in [4.69, 9.17) is 0 Å². The van der Waals surface area contributed by atoms with Gasteiger partial charge in [0.25, 0.3) is 0 Å². The smallest absolute Gasteiger partial charge is 0.234 e. The zero-order chi connectivity index (χ0) is 17.6. The molecule has 3 rings (SSSR count). The standard InChI is InChI=1S/C17H18N2O3S2/c1-18(2)11-7-5-9(23-11)13-15(20)14(17(22)16(13)21)10-6-8-12(24-10)19(3)4/h5-9,13H,1-4H3/p+1. The number of nitrogens with zero attached hydrogens (tertiary/aromatic N) is 2. The Morgan fingerprint density at radius 1 is 1.21 bits per heavy atom. The predicted molar refractivity (Wildman–Crippen MR) is 99.3 cm³/mol. The Hall–Kier alpha value is -1.86.